The van der Waals surface area contributed by atoms with Crippen molar-refractivity contribution in [2.75, 3.05) is 19.5 Å². The van der Waals surface area contributed by atoms with Crippen molar-refractivity contribution < 1.29 is 23.4 Å². The highest BCUT2D eigenvalue weighted by atomic mass is 16.5. The van der Waals surface area contributed by atoms with Crippen LogP contribution < -0.4 is 19.5 Å². The molecule has 7 nitrogen and oxygen atoms in total. The van der Waals surface area contributed by atoms with E-state index in [1.807, 2.05) is 66.7 Å². The molecule has 3 aromatic carbocycles. The molecule has 0 aliphatic rings. The Morgan fingerprint density at radius 1 is 0.941 bits per heavy atom. The first-order valence-electron chi connectivity index (χ1n) is 10.9. The van der Waals surface area contributed by atoms with Crippen LogP contribution in [0.2, 0.25) is 0 Å². The molecule has 1 heterocycles. The minimum Gasteiger partial charge on any atom is -0.497 e. The molecule has 0 unspecified atom stereocenters. The van der Waals surface area contributed by atoms with Gasteiger partial charge in [0.1, 0.15) is 23.9 Å². The van der Waals surface area contributed by atoms with E-state index in [0.29, 0.717) is 41.9 Å². The van der Waals surface area contributed by atoms with Crippen molar-refractivity contribution in [1.29, 1.82) is 0 Å². The Labute approximate surface area is 198 Å². The molecule has 0 bridgehead atoms. The number of amides is 1. The molecule has 174 valence electrons. The van der Waals surface area contributed by atoms with Gasteiger partial charge in [-0.3, -0.25) is 4.79 Å². The van der Waals surface area contributed by atoms with Crippen LogP contribution in [0.1, 0.15) is 17.9 Å². The molecule has 0 saturated carbocycles. The number of anilines is 1. The summed E-state index contributed by atoms with van der Waals surface area (Å²) in [6.07, 6.45) is 2.25. The van der Waals surface area contributed by atoms with E-state index in [1.54, 1.807) is 26.5 Å². The Morgan fingerprint density at radius 2 is 1.71 bits per heavy atom. The highest BCUT2D eigenvalue weighted by Crippen LogP contribution is 2.33. The second kappa shape index (κ2) is 11.0. The standard InChI is InChI=1S/C27H26N2O5/c1-31-22-12-13-23(24(16-22)32-2)25-17-28-27(34-25)15-14-26(30)29-20-8-10-21(11-9-20)33-18-19-6-4-3-5-7-19/h3-13,16-17H,14-15,18H2,1-2H3,(H,29,30). The number of nitrogens with one attached hydrogen (secondary N) is 1. The summed E-state index contributed by atoms with van der Waals surface area (Å²) in [6, 6.07) is 22.7. The van der Waals surface area contributed by atoms with Crippen LogP contribution in [0.15, 0.2) is 83.4 Å². The van der Waals surface area contributed by atoms with Gasteiger partial charge in [-0.1, -0.05) is 30.3 Å². The Hall–Kier alpha value is -4.26. The molecule has 4 aromatic rings. The van der Waals surface area contributed by atoms with E-state index in [0.717, 1.165) is 16.9 Å². The lowest BCUT2D eigenvalue weighted by molar-refractivity contribution is -0.116. The lowest BCUT2D eigenvalue weighted by Crippen LogP contribution is -2.12. The number of carbonyl (C=O) groups excluding carboxylic acids is 1. The van der Waals surface area contributed by atoms with E-state index in [4.69, 9.17) is 18.6 Å². The Balaban J connectivity index is 1.28. The second-order valence-corrected chi connectivity index (χ2v) is 7.53. The van der Waals surface area contributed by atoms with Crippen molar-refractivity contribution in [2.24, 2.45) is 0 Å². The fourth-order valence-electron chi connectivity index (χ4n) is 3.37. The van der Waals surface area contributed by atoms with Crippen LogP contribution in [0.3, 0.4) is 0 Å². The zero-order chi connectivity index (χ0) is 23.8. The number of methoxy groups -OCH3 is 2. The number of aromatic nitrogens is 1. The van der Waals surface area contributed by atoms with Gasteiger partial charge in [0.25, 0.3) is 0 Å². The maximum atomic E-state index is 12.4. The summed E-state index contributed by atoms with van der Waals surface area (Å²) in [7, 11) is 3.18. The van der Waals surface area contributed by atoms with E-state index in [9.17, 15) is 4.79 Å². The Morgan fingerprint density at radius 3 is 2.44 bits per heavy atom. The molecule has 4 rings (SSSR count). The number of oxazole rings is 1. The molecule has 0 atom stereocenters. The van der Waals surface area contributed by atoms with Gasteiger partial charge in [-0.2, -0.15) is 0 Å². The smallest absolute Gasteiger partial charge is 0.224 e. The van der Waals surface area contributed by atoms with Crippen LogP contribution in [0, 0.1) is 0 Å². The van der Waals surface area contributed by atoms with Gasteiger partial charge in [-0.15, -0.1) is 0 Å². The number of aryl methyl sites for hydroxylation is 1. The summed E-state index contributed by atoms with van der Waals surface area (Å²) < 4.78 is 22.3. The fourth-order valence-corrected chi connectivity index (χ4v) is 3.37. The van der Waals surface area contributed by atoms with Gasteiger partial charge in [0.05, 0.1) is 26.0 Å². The van der Waals surface area contributed by atoms with Crippen LogP contribution in [-0.2, 0) is 17.8 Å². The molecule has 0 saturated heterocycles. The summed E-state index contributed by atoms with van der Waals surface area (Å²) in [5, 5.41) is 2.88. The zero-order valence-electron chi connectivity index (χ0n) is 19.1. The average Bonchev–Trinajstić information content (AvgIpc) is 3.36. The zero-order valence-corrected chi connectivity index (χ0v) is 19.1. The van der Waals surface area contributed by atoms with Gasteiger partial charge in [0, 0.05) is 24.6 Å². The lowest BCUT2D eigenvalue weighted by Gasteiger charge is -2.08. The van der Waals surface area contributed by atoms with E-state index >= 15 is 0 Å². The van der Waals surface area contributed by atoms with Crippen LogP contribution in [0.25, 0.3) is 11.3 Å². The molecular weight excluding hydrogens is 432 g/mol. The number of hydrogen-bond acceptors (Lipinski definition) is 6. The summed E-state index contributed by atoms with van der Waals surface area (Å²) in [4.78, 5) is 16.7. The Kier molecular flexibility index (Phi) is 7.45. The van der Waals surface area contributed by atoms with Crippen molar-refractivity contribution in [1.82, 2.24) is 4.98 Å². The SMILES string of the molecule is COc1ccc(-c2cnc(CCC(=O)Nc3ccc(OCc4ccccc4)cc3)o2)c(OC)c1. The highest BCUT2D eigenvalue weighted by Gasteiger charge is 2.14. The monoisotopic (exact) mass is 458 g/mol. The molecule has 1 aromatic heterocycles. The lowest BCUT2D eigenvalue weighted by atomic mass is 10.1. The van der Waals surface area contributed by atoms with E-state index in [-0.39, 0.29) is 12.3 Å². The number of carbonyl (C=O) groups is 1. The van der Waals surface area contributed by atoms with Gasteiger partial charge in [0.15, 0.2) is 11.7 Å². The minimum absolute atomic E-state index is 0.125. The molecule has 34 heavy (non-hydrogen) atoms. The average molecular weight is 459 g/mol. The van der Waals surface area contributed by atoms with Crippen molar-refractivity contribution in [2.45, 2.75) is 19.4 Å². The molecular formula is C27H26N2O5. The largest absolute Gasteiger partial charge is 0.497 e. The van der Waals surface area contributed by atoms with E-state index in [2.05, 4.69) is 10.3 Å². The maximum absolute atomic E-state index is 12.4. The van der Waals surface area contributed by atoms with Gasteiger partial charge in [0.2, 0.25) is 5.91 Å². The molecule has 0 radical (unpaired) electrons. The van der Waals surface area contributed by atoms with E-state index in [1.165, 1.54) is 0 Å². The molecule has 1 amide bonds. The molecule has 0 aliphatic carbocycles. The van der Waals surface area contributed by atoms with Crippen LogP contribution >= 0.6 is 0 Å². The number of nitrogens with zero attached hydrogens (tertiary/aromatic N) is 1. The first-order valence-corrected chi connectivity index (χ1v) is 10.9. The third-order valence-corrected chi connectivity index (χ3v) is 5.18. The van der Waals surface area contributed by atoms with Gasteiger partial charge >= 0.3 is 0 Å². The van der Waals surface area contributed by atoms with Crippen LogP contribution in [0.4, 0.5) is 5.69 Å². The summed E-state index contributed by atoms with van der Waals surface area (Å²) in [6.45, 7) is 0.493. The summed E-state index contributed by atoms with van der Waals surface area (Å²) in [5.41, 5.74) is 2.56. The summed E-state index contributed by atoms with van der Waals surface area (Å²) in [5.74, 6) is 2.97. The first-order chi connectivity index (χ1) is 16.6. The second-order valence-electron chi connectivity index (χ2n) is 7.53. The molecule has 0 fully saturated rings. The van der Waals surface area contributed by atoms with Gasteiger partial charge in [-0.05, 0) is 42.0 Å². The number of ether oxygens (including phenoxy) is 3. The number of hydrogen-bond donors (Lipinski definition) is 1. The molecule has 0 spiro atoms. The minimum atomic E-state index is -0.125. The van der Waals surface area contributed by atoms with Crippen LogP contribution in [0.5, 0.6) is 17.2 Å². The molecule has 0 aliphatic heterocycles. The predicted octanol–water partition coefficient (Wildman–Crippen LogP) is 5.51. The van der Waals surface area contributed by atoms with Gasteiger partial charge < -0.3 is 23.9 Å². The molecule has 7 heteroatoms. The number of benzene rings is 3. The predicted molar refractivity (Wildman–Crippen MR) is 129 cm³/mol. The third-order valence-electron chi connectivity index (χ3n) is 5.18. The van der Waals surface area contributed by atoms with Crippen LogP contribution in [-0.4, -0.2) is 25.1 Å². The van der Waals surface area contributed by atoms with Gasteiger partial charge in [-0.25, -0.2) is 4.98 Å². The molecule has 1 N–H and O–H groups in total. The van der Waals surface area contributed by atoms with Crippen molar-refractivity contribution in [3.63, 3.8) is 0 Å². The Bertz CT molecular complexity index is 1220. The quantitative estimate of drug-likeness (QED) is 0.337. The van der Waals surface area contributed by atoms with Crippen molar-refractivity contribution >= 4 is 11.6 Å². The van der Waals surface area contributed by atoms with Crippen molar-refractivity contribution in [3.05, 3.63) is 90.4 Å². The fraction of sp³-hybridized carbons (Fsp3) is 0.185. The third kappa shape index (κ3) is 5.95. The number of rotatable bonds is 10. The van der Waals surface area contributed by atoms with Crippen molar-refractivity contribution in [3.8, 4) is 28.6 Å². The normalized spacial score (nSPS) is 10.5. The van der Waals surface area contributed by atoms with E-state index < -0.39 is 0 Å². The first kappa shape index (κ1) is 22.9. The summed E-state index contributed by atoms with van der Waals surface area (Å²) >= 11 is 0. The highest BCUT2D eigenvalue weighted by molar-refractivity contribution is 5.90. The maximum Gasteiger partial charge on any atom is 0.224 e. The topological polar surface area (TPSA) is 82.8 Å².